The van der Waals surface area contributed by atoms with Crippen LogP contribution < -0.4 is 4.90 Å². The predicted molar refractivity (Wildman–Crippen MR) is 95.3 cm³/mol. The molecule has 7 nitrogen and oxygen atoms in total. The van der Waals surface area contributed by atoms with Crippen molar-refractivity contribution in [3.05, 3.63) is 71.9 Å². The molecule has 3 heterocycles. The van der Waals surface area contributed by atoms with Crippen molar-refractivity contribution in [2.24, 2.45) is 0 Å². The minimum absolute atomic E-state index is 0.719. The molecule has 7 heteroatoms. The zero-order valence-corrected chi connectivity index (χ0v) is 14.0. The Morgan fingerprint density at radius 3 is 2.96 bits per heavy atom. The largest absolute Gasteiger partial charge is 0.367 e. The van der Waals surface area contributed by atoms with E-state index in [1.807, 2.05) is 23.0 Å². The Morgan fingerprint density at radius 2 is 2.12 bits per heavy atom. The van der Waals surface area contributed by atoms with Gasteiger partial charge in [0.2, 0.25) is 0 Å². The Bertz CT molecular complexity index is 958. The number of rotatable bonds is 6. The van der Waals surface area contributed by atoms with Crippen molar-refractivity contribution in [2.75, 3.05) is 11.4 Å². The molecule has 0 aliphatic heterocycles. The first-order valence-electron chi connectivity index (χ1n) is 8.24. The summed E-state index contributed by atoms with van der Waals surface area (Å²) in [4.78, 5) is 6.82. The lowest BCUT2D eigenvalue weighted by Crippen LogP contribution is -2.26. The summed E-state index contributed by atoms with van der Waals surface area (Å²) in [6.07, 6.45) is 6.54. The van der Waals surface area contributed by atoms with Gasteiger partial charge in [-0.15, -0.1) is 10.2 Å². The molecular weight excluding hydrogens is 314 g/mol. The zero-order valence-electron chi connectivity index (χ0n) is 14.0. The van der Waals surface area contributed by atoms with Crippen LogP contribution in [-0.4, -0.2) is 36.6 Å². The van der Waals surface area contributed by atoms with Crippen LogP contribution in [0.15, 0.2) is 55.0 Å². The first-order chi connectivity index (χ1) is 12.3. The maximum atomic E-state index is 4.49. The summed E-state index contributed by atoms with van der Waals surface area (Å²) in [5, 5.41) is 14.3. The number of hydrogen-bond donors (Lipinski definition) is 1. The number of nitrogens with one attached hydrogen (secondary N) is 1. The molecule has 0 amide bonds. The lowest BCUT2D eigenvalue weighted by atomic mass is 10.1. The summed E-state index contributed by atoms with van der Waals surface area (Å²) >= 11 is 0. The van der Waals surface area contributed by atoms with Crippen LogP contribution in [0.5, 0.6) is 0 Å². The van der Waals surface area contributed by atoms with Gasteiger partial charge in [-0.1, -0.05) is 23.4 Å². The predicted octanol–water partition coefficient (Wildman–Crippen LogP) is 2.41. The van der Waals surface area contributed by atoms with E-state index in [-0.39, 0.29) is 0 Å². The second kappa shape index (κ2) is 6.72. The highest BCUT2D eigenvalue weighted by Gasteiger charge is 2.12. The third-order valence-electron chi connectivity index (χ3n) is 4.22. The van der Waals surface area contributed by atoms with Gasteiger partial charge in [0.15, 0.2) is 5.82 Å². The monoisotopic (exact) mass is 333 g/mol. The van der Waals surface area contributed by atoms with Crippen molar-refractivity contribution in [3.8, 4) is 0 Å². The highest BCUT2D eigenvalue weighted by atomic mass is 15.5. The number of benzene rings is 1. The second-order valence-corrected chi connectivity index (χ2v) is 6.03. The molecule has 0 bridgehead atoms. The fraction of sp³-hybridized carbons (Fsp3) is 0.222. The minimum Gasteiger partial charge on any atom is -0.367 e. The van der Waals surface area contributed by atoms with Crippen molar-refractivity contribution >= 4 is 11.3 Å². The fourth-order valence-electron chi connectivity index (χ4n) is 2.99. The Labute approximate surface area is 145 Å². The van der Waals surface area contributed by atoms with Crippen LogP contribution in [0.3, 0.4) is 0 Å². The number of hydrogen-bond acceptors (Lipinski definition) is 5. The number of fused-ring (bicyclic) bond motifs is 1. The number of anilines is 1. The fourth-order valence-corrected chi connectivity index (χ4v) is 2.99. The van der Waals surface area contributed by atoms with Gasteiger partial charge >= 0.3 is 0 Å². The highest BCUT2D eigenvalue weighted by molar-refractivity contribution is 5.53. The van der Waals surface area contributed by atoms with E-state index in [0.29, 0.717) is 0 Å². The van der Waals surface area contributed by atoms with Gasteiger partial charge in [-0.25, -0.2) is 4.98 Å². The Morgan fingerprint density at radius 1 is 1.16 bits per heavy atom. The summed E-state index contributed by atoms with van der Waals surface area (Å²) in [6.45, 7) is 3.67. The molecule has 1 aromatic carbocycles. The summed E-state index contributed by atoms with van der Waals surface area (Å²) in [5.74, 6) is 0.719. The summed E-state index contributed by atoms with van der Waals surface area (Å²) < 4.78 is 2.04. The summed E-state index contributed by atoms with van der Waals surface area (Å²) in [6, 6.07) is 12.7. The van der Waals surface area contributed by atoms with Crippen LogP contribution in [-0.2, 0) is 13.0 Å². The van der Waals surface area contributed by atoms with Crippen LogP contribution in [0.1, 0.15) is 17.0 Å². The van der Waals surface area contributed by atoms with Gasteiger partial charge in [-0.3, -0.25) is 0 Å². The third kappa shape index (κ3) is 3.35. The number of tetrazole rings is 1. The van der Waals surface area contributed by atoms with E-state index in [2.05, 4.69) is 73.8 Å². The van der Waals surface area contributed by atoms with Crippen molar-refractivity contribution in [3.63, 3.8) is 0 Å². The quantitative estimate of drug-likeness (QED) is 0.586. The van der Waals surface area contributed by atoms with Gasteiger partial charge in [-0.2, -0.15) is 5.21 Å². The van der Waals surface area contributed by atoms with Crippen LogP contribution in [0, 0.1) is 6.92 Å². The molecule has 0 fully saturated rings. The number of imidazole rings is 1. The topological polar surface area (TPSA) is 75.0 Å². The van der Waals surface area contributed by atoms with E-state index >= 15 is 0 Å². The van der Waals surface area contributed by atoms with E-state index in [1.165, 1.54) is 16.8 Å². The van der Waals surface area contributed by atoms with Gasteiger partial charge < -0.3 is 9.30 Å². The zero-order chi connectivity index (χ0) is 17.1. The molecule has 3 aromatic heterocycles. The van der Waals surface area contributed by atoms with Crippen molar-refractivity contribution in [1.29, 1.82) is 0 Å². The van der Waals surface area contributed by atoms with Crippen LogP contribution in [0.2, 0.25) is 0 Å². The summed E-state index contributed by atoms with van der Waals surface area (Å²) in [5.41, 5.74) is 4.58. The molecule has 0 saturated heterocycles. The number of aromatic nitrogens is 6. The van der Waals surface area contributed by atoms with E-state index in [4.69, 9.17) is 0 Å². The number of H-pyrrole nitrogens is 1. The van der Waals surface area contributed by atoms with E-state index in [1.54, 1.807) is 0 Å². The molecule has 0 atom stereocenters. The molecule has 0 radical (unpaired) electrons. The molecule has 1 N–H and O–H groups in total. The maximum Gasteiger partial charge on any atom is 0.176 e. The number of aryl methyl sites for hydroxylation is 1. The Balaban J connectivity index is 1.63. The van der Waals surface area contributed by atoms with Gasteiger partial charge in [0.1, 0.15) is 5.65 Å². The molecule has 0 saturated carbocycles. The maximum absolute atomic E-state index is 4.49. The molecule has 4 rings (SSSR count). The number of nitrogens with zero attached hydrogens (tertiary/aromatic N) is 6. The van der Waals surface area contributed by atoms with Crippen molar-refractivity contribution in [1.82, 2.24) is 30.0 Å². The average Bonchev–Trinajstić information content (AvgIpc) is 3.30. The highest BCUT2D eigenvalue weighted by Crippen LogP contribution is 2.20. The number of aromatic amines is 1. The molecule has 0 aliphatic carbocycles. The Hall–Kier alpha value is -3.22. The average molecular weight is 333 g/mol. The molecule has 0 spiro atoms. The smallest absolute Gasteiger partial charge is 0.176 e. The van der Waals surface area contributed by atoms with Gasteiger partial charge in [-0.05, 0) is 30.7 Å². The van der Waals surface area contributed by atoms with Crippen molar-refractivity contribution in [2.45, 2.75) is 19.9 Å². The van der Waals surface area contributed by atoms with Gasteiger partial charge in [0, 0.05) is 49.4 Å². The van der Waals surface area contributed by atoms with Crippen LogP contribution >= 0.6 is 0 Å². The molecule has 25 heavy (non-hydrogen) atoms. The van der Waals surface area contributed by atoms with E-state index in [9.17, 15) is 0 Å². The standard InChI is InChI=1S/C18H19N7/c1-14-4-2-6-16(12-14)25(10-7-17-20-22-23-21-17)13-15-5-3-9-24-11-8-19-18(15)24/h2-6,8-9,11-12H,7,10,13H2,1H3,(H,20,21,22,23). The van der Waals surface area contributed by atoms with Crippen molar-refractivity contribution < 1.29 is 0 Å². The summed E-state index contributed by atoms with van der Waals surface area (Å²) in [7, 11) is 0. The van der Waals surface area contributed by atoms with Crippen LogP contribution in [0.25, 0.3) is 5.65 Å². The molecule has 126 valence electrons. The van der Waals surface area contributed by atoms with E-state index in [0.717, 1.165) is 31.0 Å². The lowest BCUT2D eigenvalue weighted by molar-refractivity contribution is 0.755. The van der Waals surface area contributed by atoms with Gasteiger partial charge in [0.05, 0.1) is 0 Å². The third-order valence-corrected chi connectivity index (χ3v) is 4.22. The normalized spacial score (nSPS) is 11.1. The lowest BCUT2D eigenvalue weighted by Gasteiger charge is -2.25. The molecule has 0 aliphatic rings. The molecular formula is C18H19N7. The molecule has 4 aromatic rings. The van der Waals surface area contributed by atoms with E-state index < -0.39 is 0 Å². The first-order valence-corrected chi connectivity index (χ1v) is 8.24. The molecule has 0 unspecified atom stereocenters. The Kier molecular flexibility index (Phi) is 4.12. The SMILES string of the molecule is Cc1cccc(N(CCc2nn[nH]n2)Cc2cccn3ccnc23)c1. The van der Waals surface area contributed by atoms with Gasteiger partial charge in [0.25, 0.3) is 0 Å². The first kappa shape index (κ1) is 15.3. The second-order valence-electron chi connectivity index (χ2n) is 6.03. The van der Waals surface area contributed by atoms with Crippen LogP contribution in [0.4, 0.5) is 5.69 Å². The number of pyridine rings is 1. The minimum atomic E-state index is 0.719.